The maximum Gasteiger partial charge on any atom is 0.0997 e. The molecule has 0 aliphatic heterocycles. The molecule has 98 valence electrons. The fourth-order valence-electron chi connectivity index (χ4n) is 1.85. The van der Waals surface area contributed by atoms with Crippen molar-refractivity contribution < 1.29 is 4.74 Å². The first-order valence-corrected chi connectivity index (χ1v) is 7.01. The van der Waals surface area contributed by atoms with E-state index in [1.165, 1.54) is 0 Å². The number of halogens is 1. The van der Waals surface area contributed by atoms with E-state index in [0.29, 0.717) is 6.04 Å². The smallest absolute Gasteiger partial charge is 0.0997 e. The first kappa shape index (κ1) is 14.6. The number of hydrogen-bond acceptors (Lipinski definition) is 2. The zero-order valence-corrected chi connectivity index (χ0v) is 11.7. The molecular weight excluding hydrogens is 234 g/mol. The van der Waals surface area contributed by atoms with E-state index >= 15 is 0 Å². The summed E-state index contributed by atoms with van der Waals surface area (Å²) in [7, 11) is 0. The standard InChI is InChI=1S/C14H24ClNO/c1-3-11(15)5-8-13(4-2)17-14-9-6-12(16)7-10-14/h4,9,11-12H,3,5-8,10,16H2,1-2H3/b13-4+. The van der Waals surface area contributed by atoms with Crippen molar-refractivity contribution in [1.29, 1.82) is 0 Å². The van der Waals surface area contributed by atoms with Crippen molar-refractivity contribution in [3.63, 3.8) is 0 Å². The van der Waals surface area contributed by atoms with Gasteiger partial charge in [0.15, 0.2) is 0 Å². The highest BCUT2D eigenvalue weighted by Crippen LogP contribution is 2.23. The molecule has 1 aliphatic carbocycles. The Labute approximate surface area is 110 Å². The van der Waals surface area contributed by atoms with Crippen LogP contribution in [0.25, 0.3) is 0 Å². The maximum absolute atomic E-state index is 6.11. The minimum Gasteiger partial charge on any atom is -0.467 e. The van der Waals surface area contributed by atoms with Crippen LogP contribution in [-0.2, 0) is 4.74 Å². The Hall–Kier alpha value is -0.470. The van der Waals surface area contributed by atoms with E-state index in [1.807, 2.05) is 13.0 Å². The molecule has 0 spiro atoms. The second-order valence-corrected chi connectivity index (χ2v) is 5.22. The molecule has 17 heavy (non-hydrogen) atoms. The average molecular weight is 258 g/mol. The van der Waals surface area contributed by atoms with Crippen LogP contribution < -0.4 is 5.73 Å². The van der Waals surface area contributed by atoms with E-state index in [1.54, 1.807) is 0 Å². The third-order valence-electron chi connectivity index (χ3n) is 3.14. The molecule has 0 heterocycles. The quantitative estimate of drug-likeness (QED) is 0.574. The Morgan fingerprint density at radius 2 is 2.47 bits per heavy atom. The van der Waals surface area contributed by atoms with Crippen LogP contribution in [0.2, 0.25) is 0 Å². The summed E-state index contributed by atoms with van der Waals surface area (Å²) >= 11 is 6.11. The third kappa shape index (κ3) is 5.60. The van der Waals surface area contributed by atoms with E-state index in [2.05, 4.69) is 13.0 Å². The van der Waals surface area contributed by atoms with Crippen LogP contribution >= 0.6 is 11.6 Å². The van der Waals surface area contributed by atoms with Gasteiger partial charge >= 0.3 is 0 Å². The molecule has 1 aliphatic rings. The highest BCUT2D eigenvalue weighted by Gasteiger charge is 2.13. The highest BCUT2D eigenvalue weighted by molar-refractivity contribution is 6.20. The van der Waals surface area contributed by atoms with Gasteiger partial charge in [-0.1, -0.05) is 6.92 Å². The van der Waals surface area contributed by atoms with Gasteiger partial charge in [-0.05, 0) is 44.8 Å². The first-order valence-electron chi connectivity index (χ1n) is 6.57. The van der Waals surface area contributed by atoms with Gasteiger partial charge in [0.1, 0.15) is 0 Å². The monoisotopic (exact) mass is 257 g/mol. The molecule has 2 nitrogen and oxygen atoms in total. The van der Waals surface area contributed by atoms with Gasteiger partial charge in [-0.15, -0.1) is 11.6 Å². The Bertz CT molecular complexity index is 286. The fraction of sp³-hybridized carbons (Fsp3) is 0.714. The molecular formula is C14H24ClNO. The molecule has 2 unspecified atom stereocenters. The number of nitrogens with two attached hydrogens (primary N) is 1. The highest BCUT2D eigenvalue weighted by atomic mass is 35.5. The maximum atomic E-state index is 6.11. The molecule has 0 saturated heterocycles. The molecule has 0 saturated carbocycles. The average Bonchev–Trinajstić information content (AvgIpc) is 2.36. The lowest BCUT2D eigenvalue weighted by Crippen LogP contribution is -2.22. The normalized spacial score (nSPS) is 23.2. The van der Waals surface area contributed by atoms with E-state index in [0.717, 1.165) is 50.0 Å². The van der Waals surface area contributed by atoms with Crippen LogP contribution in [0.1, 0.15) is 52.4 Å². The zero-order valence-electron chi connectivity index (χ0n) is 10.9. The van der Waals surface area contributed by atoms with Crippen molar-refractivity contribution in [2.24, 2.45) is 5.73 Å². The van der Waals surface area contributed by atoms with Crippen molar-refractivity contribution in [3.05, 3.63) is 23.7 Å². The topological polar surface area (TPSA) is 35.2 Å². The summed E-state index contributed by atoms with van der Waals surface area (Å²) in [5, 5.41) is 0.252. The molecule has 0 bridgehead atoms. The Morgan fingerprint density at radius 1 is 1.71 bits per heavy atom. The number of hydrogen-bond donors (Lipinski definition) is 1. The van der Waals surface area contributed by atoms with Crippen LogP contribution in [0.3, 0.4) is 0 Å². The summed E-state index contributed by atoms with van der Waals surface area (Å²) in [6, 6.07) is 0.309. The van der Waals surface area contributed by atoms with E-state index in [9.17, 15) is 0 Å². The van der Waals surface area contributed by atoms with Crippen LogP contribution in [0, 0.1) is 0 Å². The molecule has 0 aromatic heterocycles. The summed E-state index contributed by atoms with van der Waals surface area (Å²) < 4.78 is 5.89. The van der Waals surface area contributed by atoms with Crippen LogP contribution in [0.4, 0.5) is 0 Å². The van der Waals surface area contributed by atoms with E-state index in [-0.39, 0.29) is 5.38 Å². The van der Waals surface area contributed by atoms with Gasteiger partial charge < -0.3 is 10.5 Å². The Morgan fingerprint density at radius 3 is 3.00 bits per heavy atom. The molecule has 0 fully saturated rings. The predicted octanol–water partition coefficient (Wildman–Crippen LogP) is 4.10. The Balaban J connectivity index is 2.37. The summed E-state index contributed by atoms with van der Waals surface area (Å²) in [5.74, 6) is 2.10. The molecule has 2 N–H and O–H groups in total. The lowest BCUT2D eigenvalue weighted by atomic mass is 10.0. The van der Waals surface area contributed by atoms with Gasteiger partial charge in [-0.3, -0.25) is 0 Å². The minimum atomic E-state index is 0.252. The SMILES string of the molecule is C/C=C(\CCC(Cl)CC)OC1=CCC(N)CC1. The van der Waals surface area contributed by atoms with Crippen molar-refractivity contribution in [2.45, 2.75) is 63.8 Å². The van der Waals surface area contributed by atoms with Gasteiger partial charge in [0.25, 0.3) is 0 Å². The van der Waals surface area contributed by atoms with Crippen LogP contribution in [0.15, 0.2) is 23.7 Å². The zero-order chi connectivity index (χ0) is 12.7. The van der Waals surface area contributed by atoms with E-state index in [4.69, 9.17) is 22.1 Å². The van der Waals surface area contributed by atoms with Gasteiger partial charge in [0, 0.05) is 24.3 Å². The second-order valence-electron chi connectivity index (χ2n) is 4.61. The largest absolute Gasteiger partial charge is 0.467 e. The van der Waals surface area contributed by atoms with Crippen molar-refractivity contribution in [3.8, 4) is 0 Å². The van der Waals surface area contributed by atoms with Crippen molar-refractivity contribution in [1.82, 2.24) is 0 Å². The molecule has 1 rings (SSSR count). The van der Waals surface area contributed by atoms with Gasteiger partial charge in [0.2, 0.25) is 0 Å². The number of rotatable bonds is 6. The van der Waals surface area contributed by atoms with Gasteiger partial charge in [-0.25, -0.2) is 0 Å². The fourth-order valence-corrected chi connectivity index (χ4v) is 1.96. The van der Waals surface area contributed by atoms with E-state index < -0.39 is 0 Å². The molecule has 2 atom stereocenters. The molecule has 0 amide bonds. The van der Waals surface area contributed by atoms with Crippen LogP contribution in [-0.4, -0.2) is 11.4 Å². The first-order chi connectivity index (χ1) is 8.15. The molecule has 0 radical (unpaired) electrons. The summed E-state index contributed by atoms with van der Waals surface area (Å²) in [6.45, 7) is 4.12. The number of ether oxygens (including phenoxy) is 1. The minimum absolute atomic E-state index is 0.252. The lowest BCUT2D eigenvalue weighted by Gasteiger charge is -2.20. The Kier molecular flexibility index (Phi) is 6.68. The molecule has 0 aromatic carbocycles. The van der Waals surface area contributed by atoms with Gasteiger partial charge in [0.05, 0.1) is 11.5 Å². The molecule has 3 heteroatoms. The summed E-state index contributed by atoms with van der Waals surface area (Å²) in [6.07, 6.45) is 9.97. The summed E-state index contributed by atoms with van der Waals surface area (Å²) in [4.78, 5) is 0. The molecule has 0 aromatic rings. The van der Waals surface area contributed by atoms with Crippen LogP contribution in [0.5, 0.6) is 0 Å². The lowest BCUT2D eigenvalue weighted by molar-refractivity contribution is 0.260. The third-order valence-corrected chi connectivity index (χ3v) is 3.67. The number of alkyl halides is 1. The number of allylic oxidation sites excluding steroid dienone is 3. The van der Waals surface area contributed by atoms with Crippen molar-refractivity contribution in [2.75, 3.05) is 0 Å². The van der Waals surface area contributed by atoms with Crippen molar-refractivity contribution >= 4 is 11.6 Å². The van der Waals surface area contributed by atoms with Gasteiger partial charge in [-0.2, -0.15) is 0 Å². The predicted molar refractivity (Wildman–Crippen MR) is 73.9 cm³/mol. The second kappa shape index (κ2) is 7.78. The summed E-state index contributed by atoms with van der Waals surface area (Å²) in [5.41, 5.74) is 5.84.